The molecular weight excluding hydrogens is 383 g/mol. The first-order chi connectivity index (χ1) is 14.3. The Kier molecular flexibility index (Phi) is 5.60. The zero-order chi connectivity index (χ0) is 21.3. The number of Topliss-reactive ketones (excluding diaryl/α,β-unsaturated/α-hetero) is 1. The van der Waals surface area contributed by atoms with E-state index in [0.717, 1.165) is 11.9 Å². The molecule has 8 heteroatoms. The standard InChI is InChI=1S/C22H27FN6O/c1-15(2)13-29-8-6-22(23,7-9-29)21(30)11-17-10-19-16(12-24-17)4-5-18(25-19)20-14-28(3)27-26-20/h4-5,10,12,14-15H,6-9,11,13H2,1-3H3. The molecule has 0 atom stereocenters. The highest BCUT2D eigenvalue weighted by atomic mass is 19.1. The van der Waals surface area contributed by atoms with Gasteiger partial charge in [-0.25, -0.2) is 9.37 Å². The van der Waals surface area contributed by atoms with Gasteiger partial charge in [0.1, 0.15) is 5.69 Å². The Morgan fingerprint density at radius 1 is 1.23 bits per heavy atom. The molecule has 1 fully saturated rings. The van der Waals surface area contributed by atoms with E-state index in [4.69, 9.17) is 0 Å². The molecule has 4 rings (SSSR count). The lowest BCUT2D eigenvalue weighted by atomic mass is 9.86. The quantitative estimate of drug-likeness (QED) is 0.622. The number of alkyl halides is 1. The normalized spacial score (nSPS) is 17.0. The number of fused-ring (bicyclic) bond motifs is 1. The molecule has 30 heavy (non-hydrogen) atoms. The van der Waals surface area contributed by atoms with Crippen LogP contribution in [0, 0.1) is 5.92 Å². The van der Waals surface area contributed by atoms with E-state index < -0.39 is 5.67 Å². The molecule has 0 bridgehead atoms. The van der Waals surface area contributed by atoms with Gasteiger partial charge in [-0.15, -0.1) is 5.10 Å². The second kappa shape index (κ2) is 8.18. The number of aromatic nitrogens is 5. The summed E-state index contributed by atoms with van der Waals surface area (Å²) >= 11 is 0. The lowest BCUT2D eigenvalue weighted by Crippen LogP contribution is -2.47. The van der Waals surface area contributed by atoms with Crippen LogP contribution < -0.4 is 0 Å². The second-order valence-corrected chi connectivity index (χ2v) is 8.60. The van der Waals surface area contributed by atoms with Crippen molar-refractivity contribution in [1.82, 2.24) is 29.9 Å². The smallest absolute Gasteiger partial charge is 0.175 e. The maximum Gasteiger partial charge on any atom is 0.175 e. The Labute approximate surface area is 175 Å². The average molecular weight is 410 g/mol. The summed E-state index contributed by atoms with van der Waals surface area (Å²) < 4.78 is 16.9. The van der Waals surface area contributed by atoms with Gasteiger partial charge in [-0.05, 0) is 24.1 Å². The predicted molar refractivity (Wildman–Crippen MR) is 113 cm³/mol. The van der Waals surface area contributed by atoms with Gasteiger partial charge in [0.2, 0.25) is 0 Å². The van der Waals surface area contributed by atoms with Gasteiger partial charge < -0.3 is 4.90 Å². The number of pyridine rings is 2. The minimum Gasteiger partial charge on any atom is -0.303 e. The molecule has 0 amide bonds. The molecule has 0 saturated carbocycles. The van der Waals surface area contributed by atoms with Crippen molar-refractivity contribution < 1.29 is 9.18 Å². The summed E-state index contributed by atoms with van der Waals surface area (Å²) in [7, 11) is 1.80. The minimum atomic E-state index is -1.76. The summed E-state index contributed by atoms with van der Waals surface area (Å²) in [5.41, 5.74) is 0.843. The van der Waals surface area contributed by atoms with Crippen LogP contribution in [0.2, 0.25) is 0 Å². The number of carbonyl (C=O) groups excluding carboxylic acids is 1. The highest BCUT2D eigenvalue weighted by Gasteiger charge is 2.41. The maximum absolute atomic E-state index is 15.3. The number of ketones is 1. The van der Waals surface area contributed by atoms with Crippen LogP contribution in [-0.4, -0.2) is 60.9 Å². The van der Waals surface area contributed by atoms with Gasteiger partial charge in [0, 0.05) is 51.1 Å². The molecule has 7 nitrogen and oxygen atoms in total. The number of nitrogens with zero attached hydrogens (tertiary/aromatic N) is 6. The molecule has 1 aliphatic heterocycles. The fourth-order valence-corrected chi connectivity index (χ4v) is 3.97. The van der Waals surface area contributed by atoms with Crippen molar-refractivity contribution in [2.75, 3.05) is 19.6 Å². The molecule has 3 aromatic heterocycles. The van der Waals surface area contributed by atoms with Crippen LogP contribution in [0.5, 0.6) is 0 Å². The van der Waals surface area contributed by atoms with E-state index in [9.17, 15) is 4.79 Å². The molecule has 0 spiro atoms. The van der Waals surface area contributed by atoms with Crippen LogP contribution >= 0.6 is 0 Å². The van der Waals surface area contributed by atoms with Gasteiger partial charge in [-0.3, -0.25) is 14.5 Å². The number of likely N-dealkylation sites (tertiary alicyclic amines) is 1. The van der Waals surface area contributed by atoms with Crippen molar-refractivity contribution in [3.63, 3.8) is 0 Å². The van der Waals surface area contributed by atoms with E-state index in [1.807, 2.05) is 12.1 Å². The van der Waals surface area contributed by atoms with Crippen LogP contribution in [0.4, 0.5) is 4.39 Å². The van der Waals surface area contributed by atoms with Crippen LogP contribution in [0.25, 0.3) is 22.3 Å². The van der Waals surface area contributed by atoms with Crippen molar-refractivity contribution >= 4 is 16.7 Å². The van der Waals surface area contributed by atoms with Gasteiger partial charge in [0.15, 0.2) is 11.5 Å². The number of hydrogen-bond donors (Lipinski definition) is 0. The third-order valence-electron chi connectivity index (χ3n) is 5.61. The van der Waals surface area contributed by atoms with Gasteiger partial charge in [-0.1, -0.05) is 19.1 Å². The van der Waals surface area contributed by atoms with E-state index in [0.29, 0.717) is 41.6 Å². The van der Waals surface area contributed by atoms with Crippen LogP contribution in [-0.2, 0) is 18.3 Å². The average Bonchev–Trinajstić information content (AvgIpc) is 3.15. The van der Waals surface area contributed by atoms with Crippen molar-refractivity contribution in [1.29, 1.82) is 0 Å². The zero-order valence-electron chi connectivity index (χ0n) is 17.7. The van der Waals surface area contributed by atoms with Crippen molar-refractivity contribution in [2.24, 2.45) is 13.0 Å². The van der Waals surface area contributed by atoms with Crippen LogP contribution in [0.1, 0.15) is 32.4 Å². The Hall–Kier alpha value is -2.74. The first-order valence-electron chi connectivity index (χ1n) is 10.4. The molecule has 0 N–H and O–H groups in total. The summed E-state index contributed by atoms with van der Waals surface area (Å²) in [4.78, 5) is 24.0. The number of carbonyl (C=O) groups is 1. The summed E-state index contributed by atoms with van der Waals surface area (Å²) in [5.74, 6) is 0.150. The lowest BCUT2D eigenvalue weighted by molar-refractivity contribution is -0.133. The molecule has 3 aromatic rings. The number of halogens is 1. The minimum absolute atomic E-state index is 0.0202. The highest BCUT2D eigenvalue weighted by Crippen LogP contribution is 2.29. The van der Waals surface area contributed by atoms with E-state index in [2.05, 4.69) is 39.0 Å². The monoisotopic (exact) mass is 410 g/mol. The van der Waals surface area contributed by atoms with E-state index in [1.54, 1.807) is 30.2 Å². The Morgan fingerprint density at radius 3 is 2.67 bits per heavy atom. The lowest BCUT2D eigenvalue weighted by Gasteiger charge is -2.36. The number of piperidine rings is 1. The van der Waals surface area contributed by atoms with Crippen molar-refractivity contribution in [3.8, 4) is 11.4 Å². The van der Waals surface area contributed by atoms with E-state index in [-0.39, 0.29) is 25.0 Å². The van der Waals surface area contributed by atoms with Gasteiger partial charge in [0.05, 0.1) is 29.5 Å². The third-order valence-corrected chi connectivity index (χ3v) is 5.61. The van der Waals surface area contributed by atoms with Gasteiger partial charge in [-0.2, -0.15) is 0 Å². The van der Waals surface area contributed by atoms with Crippen LogP contribution in [0.3, 0.4) is 0 Å². The van der Waals surface area contributed by atoms with E-state index in [1.165, 1.54) is 0 Å². The first-order valence-corrected chi connectivity index (χ1v) is 10.4. The molecule has 1 saturated heterocycles. The van der Waals surface area contributed by atoms with Crippen molar-refractivity contribution in [2.45, 2.75) is 38.8 Å². The Morgan fingerprint density at radius 2 is 2.00 bits per heavy atom. The Balaban J connectivity index is 1.48. The molecule has 1 aliphatic rings. The maximum atomic E-state index is 15.3. The molecule has 158 valence electrons. The zero-order valence-corrected chi connectivity index (χ0v) is 17.7. The number of hydrogen-bond acceptors (Lipinski definition) is 6. The summed E-state index contributed by atoms with van der Waals surface area (Å²) in [6.07, 6.45) is 3.95. The van der Waals surface area contributed by atoms with Crippen LogP contribution in [0.15, 0.2) is 30.6 Å². The van der Waals surface area contributed by atoms with Gasteiger partial charge in [0.25, 0.3) is 0 Å². The molecule has 0 aliphatic carbocycles. The summed E-state index contributed by atoms with van der Waals surface area (Å²) in [6, 6.07) is 5.54. The second-order valence-electron chi connectivity index (χ2n) is 8.60. The molecular formula is C22H27FN6O. The molecule has 0 aromatic carbocycles. The Bertz CT molecular complexity index is 1050. The SMILES string of the molecule is CC(C)CN1CCC(F)(C(=O)Cc2cc3nc(-c4cn(C)nn4)ccc3cn2)CC1. The predicted octanol–water partition coefficient (Wildman–Crippen LogP) is 3.00. The summed E-state index contributed by atoms with van der Waals surface area (Å²) in [6.45, 7) is 6.48. The first kappa shape index (κ1) is 20.5. The van der Waals surface area contributed by atoms with Gasteiger partial charge >= 0.3 is 0 Å². The fourth-order valence-electron chi connectivity index (χ4n) is 3.97. The third kappa shape index (κ3) is 4.38. The topological polar surface area (TPSA) is 76.8 Å². The highest BCUT2D eigenvalue weighted by molar-refractivity contribution is 5.90. The number of aryl methyl sites for hydroxylation is 1. The van der Waals surface area contributed by atoms with E-state index >= 15 is 4.39 Å². The molecule has 0 unspecified atom stereocenters. The largest absolute Gasteiger partial charge is 0.303 e. The fraction of sp³-hybridized carbons (Fsp3) is 0.500. The molecule has 0 radical (unpaired) electrons. The van der Waals surface area contributed by atoms with Crippen molar-refractivity contribution in [3.05, 3.63) is 36.3 Å². The summed E-state index contributed by atoms with van der Waals surface area (Å²) in [5, 5.41) is 8.88. The number of rotatable bonds is 6. The molecule has 4 heterocycles.